The van der Waals surface area contributed by atoms with Crippen LogP contribution in [0.25, 0.3) is 0 Å². The molecule has 5 nitrogen and oxygen atoms in total. The molecule has 0 aliphatic heterocycles. The van der Waals surface area contributed by atoms with E-state index < -0.39 is 12.0 Å². The summed E-state index contributed by atoms with van der Waals surface area (Å²) in [5, 5.41) is 14.4. The number of hydrogen-bond donors (Lipinski definition) is 3. The number of urea groups is 1. The maximum absolute atomic E-state index is 11.7. The minimum atomic E-state index is -1.18. The molecular weight excluding hydrogens is 268 g/mol. The maximum Gasteiger partial charge on any atom is 0.339 e. The van der Waals surface area contributed by atoms with Crippen LogP contribution in [0.5, 0.6) is 0 Å². The molecule has 104 valence electrons. The van der Waals surface area contributed by atoms with E-state index in [1.807, 2.05) is 13.8 Å². The lowest BCUT2D eigenvalue weighted by molar-refractivity contribution is 0.0698. The van der Waals surface area contributed by atoms with Gasteiger partial charge in [0.2, 0.25) is 0 Å². The first-order valence-electron chi connectivity index (χ1n) is 6.05. The van der Waals surface area contributed by atoms with Gasteiger partial charge in [-0.2, -0.15) is 0 Å². The molecule has 1 aromatic rings. The molecule has 0 saturated carbocycles. The minimum Gasteiger partial charge on any atom is -0.478 e. The number of rotatable bonds is 5. The average molecular weight is 285 g/mol. The first kappa shape index (κ1) is 15.3. The fourth-order valence-corrected chi connectivity index (χ4v) is 1.99. The maximum atomic E-state index is 11.7. The molecule has 6 heteroatoms. The number of aromatic carboxylic acids is 1. The summed E-state index contributed by atoms with van der Waals surface area (Å²) >= 11 is 5.81. The van der Waals surface area contributed by atoms with Crippen molar-refractivity contribution in [3.63, 3.8) is 0 Å². The number of halogens is 1. The summed E-state index contributed by atoms with van der Waals surface area (Å²) in [5.74, 6) is -1.18. The highest BCUT2D eigenvalue weighted by atomic mass is 35.5. The van der Waals surface area contributed by atoms with Gasteiger partial charge in [0.1, 0.15) is 5.56 Å². The van der Waals surface area contributed by atoms with Gasteiger partial charge in [-0.3, -0.25) is 0 Å². The van der Waals surface area contributed by atoms with Gasteiger partial charge in [-0.1, -0.05) is 31.0 Å². The molecule has 0 radical (unpaired) electrons. The average Bonchev–Trinajstić information content (AvgIpc) is 2.28. The lowest BCUT2D eigenvalue weighted by Gasteiger charge is -2.15. The van der Waals surface area contributed by atoms with E-state index in [9.17, 15) is 9.59 Å². The summed E-state index contributed by atoms with van der Waals surface area (Å²) in [5.41, 5.74) is 0.0728. The van der Waals surface area contributed by atoms with Crippen molar-refractivity contribution in [2.75, 3.05) is 5.32 Å². The number of carbonyl (C=O) groups excluding carboxylic acids is 1. The van der Waals surface area contributed by atoms with Crippen molar-refractivity contribution in [3.05, 3.63) is 28.8 Å². The molecule has 0 aliphatic carbocycles. The monoisotopic (exact) mass is 284 g/mol. The van der Waals surface area contributed by atoms with E-state index in [0.29, 0.717) is 0 Å². The summed E-state index contributed by atoms with van der Waals surface area (Å²) in [6.45, 7) is 3.91. The van der Waals surface area contributed by atoms with Crippen LogP contribution in [0.4, 0.5) is 10.5 Å². The van der Waals surface area contributed by atoms with E-state index in [1.54, 1.807) is 6.07 Å². The summed E-state index contributed by atoms with van der Waals surface area (Å²) in [6.07, 6.45) is 1.81. The Morgan fingerprint density at radius 1 is 1.42 bits per heavy atom. The van der Waals surface area contributed by atoms with Gasteiger partial charge < -0.3 is 15.7 Å². The van der Waals surface area contributed by atoms with Gasteiger partial charge in [-0.15, -0.1) is 0 Å². The second-order valence-electron chi connectivity index (χ2n) is 4.26. The third kappa shape index (κ3) is 4.44. The zero-order valence-electron chi connectivity index (χ0n) is 10.9. The Hall–Kier alpha value is -1.75. The first-order valence-corrected chi connectivity index (χ1v) is 6.42. The quantitative estimate of drug-likeness (QED) is 0.776. The van der Waals surface area contributed by atoms with Gasteiger partial charge in [0.05, 0.1) is 10.7 Å². The van der Waals surface area contributed by atoms with Crippen LogP contribution < -0.4 is 10.6 Å². The van der Waals surface area contributed by atoms with Crippen LogP contribution in [0, 0.1) is 0 Å². The van der Waals surface area contributed by atoms with E-state index in [-0.39, 0.29) is 22.3 Å². The Balaban J connectivity index is 2.80. The molecule has 0 heterocycles. The van der Waals surface area contributed by atoms with Crippen LogP contribution in [0.3, 0.4) is 0 Å². The molecule has 0 saturated heterocycles. The van der Waals surface area contributed by atoms with Crippen LogP contribution in [-0.2, 0) is 0 Å². The Bertz CT molecular complexity index is 477. The molecule has 0 aliphatic rings. The van der Waals surface area contributed by atoms with Crippen LogP contribution in [-0.4, -0.2) is 23.1 Å². The van der Waals surface area contributed by atoms with Gasteiger partial charge in [0.15, 0.2) is 0 Å². The van der Waals surface area contributed by atoms with Crippen molar-refractivity contribution in [1.29, 1.82) is 0 Å². The van der Waals surface area contributed by atoms with Gasteiger partial charge in [0, 0.05) is 6.04 Å². The van der Waals surface area contributed by atoms with E-state index in [2.05, 4.69) is 10.6 Å². The molecule has 0 aromatic heterocycles. The Morgan fingerprint density at radius 2 is 2.11 bits per heavy atom. The van der Waals surface area contributed by atoms with Crippen molar-refractivity contribution in [2.24, 2.45) is 0 Å². The van der Waals surface area contributed by atoms with Crippen LogP contribution in [0.1, 0.15) is 37.0 Å². The van der Waals surface area contributed by atoms with E-state index in [1.165, 1.54) is 12.1 Å². The zero-order valence-corrected chi connectivity index (χ0v) is 11.6. The molecule has 1 unspecified atom stereocenters. The number of hydrogen-bond acceptors (Lipinski definition) is 2. The molecule has 1 aromatic carbocycles. The number of carbonyl (C=O) groups is 2. The highest BCUT2D eigenvalue weighted by Crippen LogP contribution is 2.24. The number of nitrogens with one attached hydrogen (secondary N) is 2. The van der Waals surface area contributed by atoms with E-state index >= 15 is 0 Å². The minimum absolute atomic E-state index is 0.0254. The van der Waals surface area contributed by atoms with Crippen LogP contribution in [0.15, 0.2) is 18.2 Å². The third-order valence-electron chi connectivity index (χ3n) is 2.57. The number of anilines is 1. The topological polar surface area (TPSA) is 78.4 Å². The summed E-state index contributed by atoms with van der Waals surface area (Å²) in [7, 11) is 0. The van der Waals surface area contributed by atoms with E-state index in [4.69, 9.17) is 16.7 Å². The van der Waals surface area contributed by atoms with Gasteiger partial charge in [-0.05, 0) is 25.5 Å². The third-order valence-corrected chi connectivity index (χ3v) is 2.89. The fraction of sp³-hybridized carbons (Fsp3) is 0.385. The zero-order chi connectivity index (χ0) is 14.4. The standard InChI is InChI=1S/C13H17ClN2O3/c1-3-5-8(2)15-13(19)16-10-7-4-6-9(14)11(10)12(17)18/h4,6-8H,3,5H2,1-2H3,(H,17,18)(H2,15,16,19). The molecular formula is C13H17ClN2O3. The Labute approximate surface area is 117 Å². The Kier molecular flexibility index (Phi) is 5.63. The largest absolute Gasteiger partial charge is 0.478 e. The number of carboxylic acid groups (broad SMARTS) is 1. The summed E-state index contributed by atoms with van der Waals surface area (Å²) < 4.78 is 0. The fourth-order valence-electron chi connectivity index (χ4n) is 1.73. The Morgan fingerprint density at radius 3 is 2.68 bits per heavy atom. The summed E-state index contributed by atoms with van der Waals surface area (Å²) in [4.78, 5) is 22.8. The second-order valence-corrected chi connectivity index (χ2v) is 4.66. The number of carboxylic acids is 1. The highest BCUT2D eigenvalue weighted by molar-refractivity contribution is 6.34. The molecule has 19 heavy (non-hydrogen) atoms. The molecule has 0 spiro atoms. The predicted molar refractivity (Wildman–Crippen MR) is 74.9 cm³/mol. The smallest absolute Gasteiger partial charge is 0.339 e. The summed E-state index contributed by atoms with van der Waals surface area (Å²) in [6, 6.07) is 4.13. The first-order chi connectivity index (χ1) is 8.95. The van der Waals surface area contributed by atoms with Gasteiger partial charge in [-0.25, -0.2) is 9.59 Å². The molecule has 3 N–H and O–H groups in total. The highest BCUT2D eigenvalue weighted by Gasteiger charge is 2.16. The number of benzene rings is 1. The van der Waals surface area contributed by atoms with Crippen LogP contribution in [0.2, 0.25) is 5.02 Å². The predicted octanol–water partition coefficient (Wildman–Crippen LogP) is 3.35. The molecule has 0 fully saturated rings. The van der Waals surface area contributed by atoms with Crippen LogP contribution >= 0.6 is 11.6 Å². The molecule has 1 atom stereocenters. The van der Waals surface area contributed by atoms with Crippen molar-refractivity contribution < 1.29 is 14.7 Å². The lowest BCUT2D eigenvalue weighted by Crippen LogP contribution is -2.36. The van der Waals surface area contributed by atoms with Gasteiger partial charge in [0.25, 0.3) is 0 Å². The van der Waals surface area contributed by atoms with Crippen molar-refractivity contribution in [1.82, 2.24) is 5.32 Å². The normalized spacial score (nSPS) is 11.7. The second kappa shape index (κ2) is 6.99. The lowest BCUT2D eigenvalue weighted by atomic mass is 10.1. The van der Waals surface area contributed by atoms with Crippen molar-refractivity contribution >= 4 is 29.3 Å². The van der Waals surface area contributed by atoms with Gasteiger partial charge >= 0.3 is 12.0 Å². The van der Waals surface area contributed by atoms with Crippen molar-refractivity contribution in [2.45, 2.75) is 32.7 Å². The molecule has 0 bridgehead atoms. The van der Waals surface area contributed by atoms with E-state index in [0.717, 1.165) is 12.8 Å². The molecule has 2 amide bonds. The molecule has 1 rings (SSSR count). The SMILES string of the molecule is CCCC(C)NC(=O)Nc1cccc(Cl)c1C(=O)O. The number of amides is 2. The van der Waals surface area contributed by atoms with Crippen molar-refractivity contribution in [3.8, 4) is 0 Å².